The zero-order chi connectivity index (χ0) is 19.1. The quantitative estimate of drug-likeness (QED) is 0.848. The molecule has 5 heteroatoms. The molecule has 2 N–H and O–H groups in total. The zero-order valence-electron chi connectivity index (χ0n) is 15.3. The second-order valence-electron chi connectivity index (χ2n) is 7.04. The maximum absolute atomic E-state index is 12.4. The van der Waals surface area contributed by atoms with E-state index in [0.29, 0.717) is 24.3 Å². The van der Waals surface area contributed by atoms with Crippen LogP contribution >= 0.6 is 0 Å². The lowest BCUT2D eigenvalue weighted by molar-refractivity contribution is 0.0626. The van der Waals surface area contributed by atoms with Crippen LogP contribution in [-0.2, 0) is 6.42 Å². The molecule has 1 unspecified atom stereocenters. The standard InChI is InChI=1S/C22H25N3O2/c23-16-18-7-4-8-20(15-18)24-22(27)25-13-11-19(12-14-25)21(26)10-9-17-5-2-1-3-6-17/h1-8,15,19,21,26H,9-14H2,(H,24,27). The molecule has 140 valence electrons. The Bertz CT molecular complexity index is 793. The second-order valence-corrected chi connectivity index (χ2v) is 7.04. The Morgan fingerprint density at radius 3 is 2.63 bits per heavy atom. The topological polar surface area (TPSA) is 76.4 Å². The smallest absolute Gasteiger partial charge is 0.321 e. The molecule has 0 bridgehead atoms. The minimum atomic E-state index is -0.331. The van der Waals surface area contributed by atoms with Crippen molar-refractivity contribution in [1.29, 1.82) is 5.26 Å². The number of aliphatic hydroxyl groups is 1. The van der Waals surface area contributed by atoms with Crippen molar-refractivity contribution in [2.75, 3.05) is 18.4 Å². The number of nitrogens with one attached hydrogen (secondary N) is 1. The molecule has 2 amide bonds. The molecule has 0 radical (unpaired) electrons. The molecule has 1 aliphatic rings. The summed E-state index contributed by atoms with van der Waals surface area (Å²) in [5.41, 5.74) is 2.39. The number of anilines is 1. The predicted octanol–water partition coefficient (Wildman–Crippen LogP) is 3.80. The van der Waals surface area contributed by atoms with Crippen LogP contribution in [0.4, 0.5) is 10.5 Å². The summed E-state index contributed by atoms with van der Waals surface area (Å²) in [6, 6.07) is 19.0. The van der Waals surface area contributed by atoms with Crippen molar-refractivity contribution in [2.24, 2.45) is 5.92 Å². The van der Waals surface area contributed by atoms with Crippen molar-refractivity contribution in [1.82, 2.24) is 4.90 Å². The van der Waals surface area contributed by atoms with E-state index in [9.17, 15) is 9.90 Å². The number of piperidine rings is 1. The average molecular weight is 363 g/mol. The van der Waals surface area contributed by atoms with Crippen LogP contribution in [0, 0.1) is 17.2 Å². The van der Waals surface area contributed by atoms with E-state index < -0.39 is 0 Å². The maximum atomic E-state index is 12.4. The Balaban J connectivity index is 1.45. The van der Waals surface area contributed by atoms with Gasteiger partial charge in [0.25, 0.3) is 0 Å². The lowest BCUT2D eigenvalue weighted by Gasteiger charge is -2.34. The molecule has 27 heavy (non-hydrogen) atoms. The first kappa shape index (κ1) is 18.9. The number of carbonyl (C=O) groups is 1. The van der Waals surface area contributed by atoms with Gasteiger partial charge in [-0.05, 0) is 55.4 Å². The van der Waals surface area contributed by atoms with E-state index in [1.807, 2.05) is 18.2 Å². The Labute approximate surface area is 160 Å². The van der Waals surface area contributed by atoms with Crippen LogP contribution in [0.25, 0.3) is 0 Å². The van der Waals surface area contributed by atoms with Gasteiger partial charge in [0.2, 0.25) is 0 Å². The number of likely N-dealkylation sites (tertiary alicyclic amines) is 1. The highest BCUT2D eigenvalue weighted by Crippen LogP contribution is 2.24. The van der Waals surface area contributed by atoms with Crippen molar-refractivity contribution >= 4 is 11.7 Å². The molecular weight excluding hydrogens is 338 g/mol. The summed E-state index contributed by atoms with van der Waals surface area (Å²) in [6.45, 7) is 1.27. The number of aliphatic hydroxyl groups excluding tert-OH is 1. The monoisotopic (exact) mass is 363 g/mol. The van der Waals surface area contributed by atoms with Gasteiger partial charge in [-0.25, -0.2) is 4.79 Å². The minimum Gasteiger partial charge on any atom is -0.393 e. The largest absolute Gasteiger partial charge is 0.393 e. The number of carbonyl (C=O) groups excluding carboxylic acids is 1. The van der Waals surface area contributed by atoms with Gasteiger partial charge in [0.1, 0.15) is 0 Å². The fraction of sp³-hybridized carbons (Fsp3) is 0.364. The number of nitrogens with zero attached hydrogens (tertiary/aromatic N) is 2. The molecule has 2 aromatic carbocycles. The summed E-state index contributed by atoms with van der Waals surface area (Å²) in [4.78, 5) is 14.2. The minimum absolute atomic E-state index is 0.151. The summed E-state index contributed by atoms with van der Waals surface area (Å²) >= 11 is 0. The molecule has 1 saturated heterocycles. The van der Waals surface area contributed by atoms with Crippen molar-refractivity contribution < 1.29 is 9.90 Å². The van der Waals surface area contributed by atoms with E-state index in [1.165, 1.54) is 5.56 Å². The molecule has 5 nitrogen and oxygen atoms in total. The van der Waals surface area contributed by atoms with E-state index in [4.69, 9.17) is 5.26 Å². The Kier molecular flexibility index (Phi) is 6.45. The molecule has 1 atom stereocenters. The van der Waals surface area contributed by atoms with Crippen molar-refractivity contribution in [3.63, 3.8) is 0 Å². The zero-order valence-corrected chi connectivity index (χ0v) is 15.3. The summed E-state index contributed by atoms with van der Waals surface area (Å²) in [5.74, 6) is 0.236. The number of rotatable bonds is 5. The molecule has 3 rings (SSSR count). The van der Waals surface area contributed by atoms with Crippen LogP contribution in [0.1, 0.15) is 30.4 Å². The fourth-order valence-electron chi connectivity index (χ4n) is 3.55. The molecule has 1 fully saturated rings. The predicted molar refractivity (Wildman–Crippen MR) is 105 cm³/mol. The summed E-state index contributed by atoms with van der Waals surface area (Å²) in [6.07, 6.45) is 2.91. The number of benzene rings is 2. The van der Waals surface area contributed by atoms with E-state index in [1.54, 1.807) is 29.2 Å². The fourth-order valence-corrected chi connectivity index (χ4v) is 3.55. The van der Waals surface area contributed by atoms with Gasteiger partial charge in [-0.2, -0.15) is 5.26 Å². The molecule has 0 saturated carbocycles. The van der Waals surface area contributed by atoms with E-state index in [0.717, 1.165) is 25.7 Å². The highest BCUT2D eigenvalue weighted by atomic mass is 16.3. The van der Waals surface area contributed by atoms with E-state index in [-0.39, 0.29) is 18.1 Å². The molecule has 0 aliphatic carbocycles. The van der Waals surface area contributed by atoms with E-state index in [2.05, 4.69) is 23.5 Å². The van der Waals surface area contributed by atoms with Crippen molar-refractivity contribution in [3.8, 4) is 6.07 Å². The van der Waals surface area contributed by atoms with Crippen LogP contribution in [0.2, 0.25) is 0 Å². The van der Waals surface area contributed by atoms with Gasteiger partial charge in [0.15, 0.2) is 0 Å². The van der Waals surface area contributed by atoms with Crippen molar-refractivity contribution in [2.45, 2.75) is 31.8 Å². The number of hydrogen-bond donors (Lipinski definition) is 2. The highest BCUT2D eigenvalue weighted by molar-refractivity contribution is 5.89. The van der Waals surface area contributed by atoms with Gasteiger partial charge < -0.3 is 15.3 Å². The Morgan fingerprint density at radius 2 is 1.93 bits per heavy atom. The first-order valence-corrected chi connectivity index (χ1v) is 9.44. The van der Waals surface area contributed by atoms with Gasteiger partial charge in [-0.15, -0.1) is 0 Å². The van der Waals surface area contributed by atoms with Crippen molar-refractivity contribution in [3.05, 3.63) is 65.7 Å². The summed E-state index contributed by atoms with van der Waals surface area (Å²) in [7, 11) is 0. The normalized spacial score (nSPS) is 15.8. The van der Waals surface area contributed by atoms with Crippen LogP contribution in [0.3, 0.4) is 0 Å². The molecule has 0 aromatic heterocycles. The summed E-state index contributed by atoms with van der Waals surface area (Å²) < 4.78 is 0. The maximum Gasteiger partial charge on any atom is 0.321 e. The van der Waals surface area contributed by atoms with Gasteiger partial charge in [-0.1, -0.05) is 36.4 Å². The Hall–Kier alpha value is -2.84. The van der Waals surface area contributed by atoms with Crippen LogP contribution in [0.15, 0.2) is 54.6 Å². The van der Waals surface area contributed by atoms with E-state index >= 15 is 0 Å². The molecule has 1 heterocycles. The van der Waals surface area contributed by atoms with Gasteiger partial charge >= 0.3 is 6.03 Å². The van der Waals surface area contributed by atoms with Gasteiger partial charge in [-0.3, -0.25) is 0 Å². The number of urea groups is 1. The first-order valence-electron chi connectivity index (χ1n) is 9.44. The number of nitriles is 1. The second kappa shape index (κ2) is 9.20. The SMILES string of the molecule is N#Cc1cccc(NC(=O)N2CCC(C(O)CCc3ccccc3)CC2)c1. The highest BCUT2D eigenvalue weighted by Gasteiger charge is 2.27. The number of hydrogen-bond acceptors (Lipinski definition) is 3. The lowest BCUT2D eigenvalue weighted by atomic mass is 9.88. The molecule has 0 spiro atoms. The van der Waals surface area contributed by atoms with Crippen LogP contribution < -0.4 is 5.32 Å². The van der Waals surface area contributed by atoms with Crippen LogP contribution in [0.5, 0.6) is 0 Å². The lowest BCUT2D eigenvalue weighted by Crippen LogP contribution is -2.43. The molecule has 1 aliphatic heterocycles. The average Bonchev–Trinajstić information content (AvgIpc) is 2.73. The molecule has 2 aromatic rings. The number of amides is 2. The first-order chi connectivity index (χ1) is 13.2. The third-order valence-electron chi connectivity index (χ3n) is 5.19. The number of aryl methyl sites for hydroxylation is 1. The van der Waals surface area contributed by atoms with Gasteiger partial charge in [0, 0.05) is 18.8 Å². The summed E-state index contributed by atoms with van der Waals surface area (Å²) in [5, 5.41) is 22.3. The Morgan fingerprint density at radius 1 is 1.19 bits per heavy atom. The van der Waals surface area contributed by atoms with Crippen LogP contribution in [-0.4, -0.2) is 35.2 Å². The molecular formula is C22H25N3O2. The third-order valence-corrected chi connectivity index (χ3v) is 5.19. The third kappa shape index (κ3) is 5.32. The van der Waals surface area contributed by atoms with Gasteiger partial charge in [0.05, 0.1) is 17.7 Å².